The number of hydrogen-bond acceptors (Lipinski definition) is 6. The molecule has 5 rings (SSSR count). The summed E-state index contributed by atoms with van der Waals surface area (Å²) in [5.74, 6) is 1.51. The Hall–Kier alpha value is -3.61. The fourth-order valence-corrected chi connectivity index (χ4v) is 5.63. The second-order valence-corrected chi connectivity index (χ2v) is 11.1. The predicted octanol–water partition coefficient (Wildman–Crippen LogP) is 6.70. The highest BCUT2D eigenvalue weighted by atomic mass is 32.1. The fourth-order valence-electron chi connectivity index (χ4n) is 4.34. The van der Waals surface area contributed by atoms with Crippen molar-refractivity contribution in [2.24, 2.45) is 5.73 Å². The van der Waals surface area contributed by atoms with E-state index in [1.54, 1.807) is 23.7 Å². The van der Waals surface area contributed by atoms with Crippen molar-refractivity contribution in [3.63, 3.8) is 0 Å². The van der Waals surface area contributed by atoms with Crippen molar-refractivity contribution in [3.05, 3.63) is 95.6 Å². The van der Waals surface area contributed by atoms with Crippen LogP contribution in [0.3, 0.4) is 0 Å². The summed E-state index contributed by atoms with van der Waals surface area (Å²) in [5, 5.41) is 3.58. The molecule has 3 heterocycles. The average Bonchev–Trinajstić information content (AvgIpc) is 3.29. The highest BCUT2D eigenvalue weighted by molar-refractivity contribution is 7.20. The number of hydrogen-bond donors (Lipinski definition) is 2. The lowest BCUT2D eigenvalue weighted by Gasteiger charge is -2.19. The Labute approximate surface area is 216 Å². The van der Waals surface area contributed by atoms with Crippen LogP contribution in [0.5, 0.6) is 0 Å². The summed E-state index contributed by atoms with van der Waals surface area (Å²) in [6.45, 7) is 7.37. The molecule has 0 amide bonds. The first-order valence-corrected chi connectivity index (χ1v) is 13.1. The Morgan fingerprint density at radius 1 is 0.861 bits per heavy atom. The number of benzene rings is 2. The molecule has 0 spiro atoms. The molecular formula is C30H31N5S. The van der Waals surface area contributed by atoms with Gasteiger partial charge in [0, 0.05) is 41.0 Å². The average molecular weight is 494 g/mol. The number of nitrogens with zero attached hydrogens (tertiary/aromatic N) is 3. The third kappa shape index (κ3) is 5.15. The van der Waals surface area contributed by atoms with Gasteiger partial charge in [0.05, 0.1) is 10.2 Å². The van der Waals surface area contributed by atoms with E-state index in [9.17, 15) is 0 Å². The van der Waals surface area contributed by atoms with Crippen LogP contribution in [0.4, 0.5) is 5.82 Å². The van der Waals surface area contributed by atoms with Crippen LogP contribution in [-0.4, -0.2) is 27.5 Å². The van der Waals surface area contributed by atoms with Crippen molar-refractivity contribution in [3.8, 4) is 22.5 Å². The zero-order valence-electron chi connectivity index (χ0n) is 20.9. The Morgan fingerprint density at radius 3 is 2.19 bits per heavy atom. The Balaban J connectivity index is 1.62. The lowest BCUT2D eigenvalue weighted by atomic mass is 9.89. The zero-order valence-corrected chi connectivity index (χ0v) is 21.7. The van der Waals surface area contributed by atoms with E-state index in [1.807, 2.05) is 24.3 Å². The molecule has 0 aliphatic heterocycles. The number of nitrogens with two attached hydrogens (primary N) is 1. The molecule has 3 aromatic heterocycles. The molecule has 0 saturated carbocycles. The van der Waals surface area contributed by atoms with Crippen molar-refractivity contribution >= 4 is 27.4 Å². The van der Waals surface area contributed by atoms with E-state index in [-0.39, 0.29) is 11.5 Å². The molecule has 0 radical (unpaired) electrons. The topological polar surface area (TPSA) is 76.7 Å². The van der Waals surface area contributed by atoms with Gasteiger partial charge in [0.2, 0.25) is 0 Å². The van der Waals surface area contributed by atoms with E-state index in [2.05, 4.69) is 79.6 Å². The molecule has 0 aliphatic rings. The molecule has 0 fully saturated rings. The van der Waals surface area contributed by atoms with E-state index < -0.39 is 0 Å². The Kier molecular flexibility index (Phi) is 6.81. The lowest BCUT2D eigenvalue weighted by molar-refractivity contribution is 0.605. The molecular weight excluding hydrogens is 462 g/mol. The van der Waals surface area contributed by atoms with Gasteiger partial charge >= 0.3 is 0 Å². The molecule has 1 atom stereocenters. The molecule has 6 heteroatoms. The van der Waals surface area contributed by atoms with Gasteiger partial charge in [-0.05, 0) is 35.1 Å². The zero-order chi connectivity index (χ0) is 25.1. The molecule has 0 bridgehead atoms. The lowest BCUT2D eigenvalue weighted by Crippen LogP contribution is -2.31. The smallest absolute Gasteiger partial charge is 0.162 e. The maximum Gasteiger partial charge on any atom is 0.162 e. The number of anilines is 1. The Morgan fingerprint density at radius 2 is 1.53 bits per heavy atom. The number of pyridine rings is 1. The molecule has 3 N–H and O–H groups in total. The maximum absolute atomic E-state index is 6.53. The number of thiophene rings is 1. The van der Waals surface area contributed by atoms with Gasteiger partial charge in [-0.3, -0.25) is 4.98 Å². The van der Waals surface area contributed by atoms with Gasteiger partial charge in [-0.2, -0.15) is 0 Å². The molecule has 0 aliphatic carbocycles. The highest BCUT2D eigenvalue weighted by Gasteiger charge is 2.27. The normalized spacial score (nSPS) is 12.6. The summed E-state index contributed by atoms with van der Waals surface area (Å²) >= 11 is 1.77. The van der Waals surface area contributed by atoms with Gasteiger partial charge in [-0.1, -0.05) is 81.4 Å². The van der Waals surface area contributed by atoms with Crippen LogP contribution < -0.4 is 11.1 Å². The molecule has 1 unspecified atom stereocenters. The Bertz CT molecular complexity index is 1440. The SMILES string of the molecule is CC(C)(C)c1sc2c(NCC(N)Cc3ccccc3)nc(-c3ccncc3)nc2c1-c1ccccc1. The van der Waals surface area contributed by atoms with Gasteiger partial charge in [0.1, 0.15) is 5.82 Å². The number of fused-ring (bicyclic) bond motifs is 1. The third-order valence-corrected chi connectivity index (χ3v) is 7.70. The van der Waals surface area contributed by atoms with Crippen molar-refractivity contribution in [1.29, 1.82) is 0 Å². The van der Waals surface area contributed by atoms with Crippen molar-refractivity contribution in [2.45, 2.75) is 38.6 Å². The maximum atomic E-state index is 6.53. The number of aromatic nitrogens is 3. The first kappa shape index (κ1) is 24.1. The minimum absolute atomic E-state index is 0.0440. The molecule has 5 aromatic rings. The first-order chi connectivity index (χ1) is 17.4. The minimum Gasteiger partial charge on any atom is -0.367 e. The van der Waals surface area contributed by atoms with Crippen molar-refractivity contribution < 1.29 is 0 Å². The number of rotatable bonds is 7. The van der Waals surface area contributed by atoms with Gasteiger partial charge in [0.15, 0.2) is 5.82 Å². The van der Waals surface area contributed by atoms with Crippen LogP contribution in [0.1, 0.15) is 31.2 Å². The van der Waals surface area contributed by atoms with Crippen LogP contribution in [0.25, 0.3) is 32.7 Å². The molecule has 5 nitrogen and oxygen atoms in total. The standard InChI is InChI=1S/C30H31N5S/c1-30(2,3)27-24(21-12-8-5-9-13-21)25-26(36-27)29(35-28(34-25)22-14-16-32-17-15-22)33-19-23(31)18-20-10-6-4-7-11-20/h4-17,23H,18-19,31H2,1-3H3,(H,33,34,35). The van der Waals surface area contributed by atoms with Crippen LogP contribution in [0, 0.1) is 0 Å². The quantitative estimate of drug-likeness (QED) is 0.264. The van der Waals surface area contributed by atoms with Crippen LogP contribution in [0.2, 0.25) is 0 Å². The number of nitrogens with one attached hydrogen (secondary N) is 1. The van der Waals surface area contributed by atoms with Gasteiger partial charge in [-0.15, -0.1) is 11.3 Å². The summed E-state index contributed by atoms with van der Waals surface area (Å²) in [5.41, 5.74) is 12.0. The summed E-state index contributed by atoms with van der Waals surface area (Å²) in [4.78, 5) is 15.6. The van der Waals surface area contributed by atoms with Crippen LogP contribution in [-0.2, 0) is 11.8 Å². The van der Waals surface area contributed by atoms with E-state index >= 15 is 0 Å². The second kappa shape index (κ2) is 10.2. The minimum atomic E-state index is -0.0473. The third-order valence-electron chi connectivity index (χ3n) is 6.09. The van der Waals surface area contributed by atoms with Gasteiger partial charge in [-0.25, -0.2) is 9.97 Å². The summed E-state index contributed by atoms with van der Waals surface area (Å²) < 4.78 is 1.06. The van der Waals surface area contributed by atoms with E-state index in [0.29, 0.717) is 12.4 Å². The van der Waals surface area contributed by atoms with Crippen LogP contribution in [0.15, 0.2) is 85.2 Å². The summed E-state index contributed by atoms with van der Waals surface area (Å²) in [6.07, 6.45) is 4.35. The highest BCUT2D eigenvalue weighted by Crippen LogP contribution is 2.46. The van der Waals surface area contributed by atoms with Crippen molar-refractivity contribution in [1.82, 2.24) is 15.0 Å². The molecule has 36 heavy (non-hydrogen) atoms. The van der Waals surface area contributed by atoms with Gasteiger partial charge < -0.3 is 11.1 Å². The summed E-state index contributed by atoms with van der Waals surface area (Å²) in [7, 11) is 0. The molecule has 0 saturated heterocycles. The summed E-state index contributed by atoms with van der Waals surface area (Å²) in [6, 6.07) is 24.7. The second-order valence-electron chi connectivity index (χ2n) is 10.1. The van der Waals surface area contributed by atoms with E-state index in [4.69, 9.17) is 15.7 Å². The van der Waals surface area contributed by atoms with E-state index in [1.165, 1.54) is 21.6 Å². The fraction of sp³-hybridized carbons (Fsp3) is 0.233. The van der Waals surface area contributed by atoms with Crippen molar-refractivity contribution in [2.75, 3.05) is 11.9 Å². The largest absolute Gasteiger partial charge is 0.367 e. The van der Waals surface area contributed by atoms with Crippen LogP contribution >= 0.6 is 11.3 Å². The first-order valence-electron chi connectivity index (χ1n) is 12.2. The molecule has 182 valence electrons. The predicted molar refractivity (Wildman–Crippen MR) is 151 cm³/mol. The van der Waals surface area contributed by atoms with E-state index in [0.717, 1.165) is 28.0 Å². The monoisotopic (exact) mass is 493 g/mol. The molecule has 2 aromatic carbocycles. The van der Waals surface area contributed by atoms with Gasteiger partial charge in [0.25, 0.3) is 0 Å².